The van der Waals surface area contributed by atoms with Gasteiger partial charge in [0, 0.05) is 11.8 Å². The molecule has 0 bridgehead atoms. The Kier molecular flexibility index (Phi) is 4.12. The van der Waals surface area contributed by atoms with Crippen molar-refractivity contribution in [1.29, 1.82) is 0 Å². The molecule has 0 fully saturated rings. The fraction of sp³-hybridized carbons (Fsp3) is 0.333. The summed E-state index contributed by atoms with van der Waals surface area (Å²) < 4.78 is 42.4. The van der Waals surface area contributed by atoms with Crippen LogP contribution in [0.15, 0.2) is 6.20 Å². The second-order valence-electron chi connectivity index (χ2n) is 2.85. The van der Waals surface area contributed by atoms with Crippen molar-refractivity contribution in [2.75, 3.05) is 7.11 Å². The van der Waals surface area contributed by atoms with Gasteiger partial charge >= 0.3 is 5.97 Å². The number of methoxy groups -OCH3 is 1. The van der Waals surface area contributed by atoms with Crippen molar-refractivity contribution < 1.29 is 22.7 Å². The van der Waals surface area contributed by atoms with Crippen molar-refractivity contribution in [2.45, 2.75) is 12.8 Å². The van der Waals surface area contributed by atoms with E-state index in [1.54, 1.807) is 0 Å². The van der Waals surface area contributed by atoms with Crippen LogP contribution in [0.2, 0.25) is 5.15 Å². The average Bonchev–Trinajstić information content (AvgIpc) is 2.23. The first-order chi connectivity index (χ1) is 7.47. The minimum absolute atomic E-state index is 0.327. The Morgan fingerprint density at radius 1 is 1.62 bits per heavy atom. The molecule has 0 saturated carbocycles. The highest BCUT2D eigenvalue weighted by atomic mass is 35.5. The van der Waals surface area contributed by atoms with E-state index in [0.717, 1.165) is 7.11 Å². The molecule has 0 aliphatic rings. The van der Waals surface area contributed by atoms with E-state index >= 15 is 0 Å². The van der Waals surface area contributed by atoms with Gasteiger partial charge in [0.1, 0.15) is 11.0 Å². The zero-order valence-electron chi connectivity index (χ0n) is 8.14. The summed E-state index contributed by atoms with van der Waals surface area (Å²) in [7, 11) is 1.10. The van der Waals surface area contributed by atoms with Gasteiger partial charge in [0.2, 0.25) is 0 Å². The molecule has 0 aliphatic heterocycles. The minimum atomic E-state index is -3.01. The lowest BCUT2D eigenvalue weighted by Gasteiger charge is -2.07. The van der Waals surface area contributed by atoms with Crippen molar-refractivity contribution >= 4 is 17.6 Å². The van der Waals surface area contributed by atoms with Crippen LogP contribution in [0.25, 0.3) is 0 Å². The predicted octanol–water partition coefficient (Wildman–Crippen LogP) is 2.53. The molecule has 1 heterocycles. The number of rotatable bonds is 3. The maximum atomic E-state index is 13.5. The Morgan fingerprint density at radius 2 is 2.25 bits per heavy atom. The molecule has 0 N–H and O–H groups in total. The van der Waals surface area contributed by atoms with Gasteiger partial charge in [-0.05, 0) is 0 Å². The number of esters is 1. The van der Waals surface area contributed by atoms with Crippen LogP contribution in [-0.4, -0.2) is 18.1 Å². The normalized spacial score (nSPS) is 10.6. The van der Waals surface area contributed by atoms with Gasteiger partial charge in [0.15, 0.2) is 0 Å². The number of alkyl halides is 2. The van der Waals surface area contributed by atoms with Gasteiger partial charge in [0.25, 0.3) is 6.43 Å². The summed E-state index contributed by atoms with van der Waals surface area (Å²) in [4.78, 5) is 14.3. The fourth-order valence-corrected chi connectivity index (χ4v) is 1.24. The van der Waals surface area contributed by atoms with E-state index in [9.17, 15) is 18.0 Å². The first-order valence-electron chi connectivity index (χ1n) is 4.15. The number of carbonyl (C=O) groups excluding carboxylic acids is 1. The number of aromatic nitrogens is 1. The third-order valence-electron chi connectivity index (χ3n) is 1.87. The number of carbonyl (C=O) groups is 1. The van der Waals surface area contributed by atoms with E-state index in [4.69, 9.17) is 11.6 Å². The lowest BCUT2D eigenvalue weighted by atomic mass is 10.1. The predicted molar refractivity (Wildman–Crippen MR) is 49.9 cm³/mol. The van der Waals surface area contributed by atoms with Gasteiger partial charge in [-0.25, -0.2) is 18.2 Å². The summed E-state index contributed by atoms with van der Waals surface area (Å²) in [6.07, 6.45) is -2.90. The number of nitrogens with zero attached hydrogens (tertiary/aromatic N) is 1. The number of hydrogen-bond acceptors (Lipinski definition) is 3. The average molecular weight is 254 g/mol. The summed E-state index contributed by atoms with van der Waals surface area (Å²) in [5, 5.41) is -0.327. The maximum Gasteiger partial charge on any atom is 0.310 e. The van der Waals surface area contributed by atoms with Crippen LogP contribution in [0.4, 0.5) is 13.2 Å². The smallest absolute Gasteiger partial charge is 0.310 e. The number of halogens is 4. The highest BCUT2D eigenvalue weighted by Crippen LogP contribution is 2.27. The van der Waals surface area contributed by atoms with Crippen LogP contribution in [-0.2, 0) is 16.0 Å². The van der Waals surface area contributed by atoms with Crippen molar-refractivity contribution in [3.8, 4) is 0 Å². The van der Waals surface area contributed by atoms with E-state index in [2.05, 4.69) is 9.72 Å². The topological polar surface area (TPSA) is 39.2 Å². The van der Waals surface area contributed by atoms with Gasteiger partial charge < -0.3 is 4.74 Å². The molecular weight excluding hydrogens is 247 g/mol. The molecule has 1 rings (SSSR count). The van der Waals surface area contributed by atoms with E-state index in [1.165, 1.54) is 0 Å². The standard InChI is InChI=1S/C9H7ClF3NO2/c1-16-6(15)2-4-7(11)5(9(12)13)3-14-8(4)10/h3,9H,2H2,1H3. The van der Waals surface area contributed by atoms with Gasteiger partial charge in [-0.3, -0.25) is 4.79 Å². The Labute approximate surface area is 94.2 Å². The SMILES string of the molecule is COC(=O)Cc1c(Cl)ncc(C(F)F)c1F. The molecular formula is C9H7ClF3NO2. The second-order valence-corrected chi connectivity index (χ2v) is 3.21. The van der Waals surface area contributed by atoms with Crippen LogP contribution in [0.1, 0.15) is 17.6 Å². The van der Waals surface area contributed by atoms with Crippen LogP contribution in [0, 0.1) is 5.82 Å². The minimum Gasteiger partial charge on any atom is -0.469 e. The van der Waals surface area contributed by atoms with Gasteiger partial charge in [-0.15, -0.1) is 0 Å². The van der Waals surface area contributed by atoms with Crippen molar-refractivity contribution in [2.24, 2.45) is 0 Å². The first-order valence-corrected chi connectivity index (χ1v) is 4.53. The molecule has 0 radical (unpaired) electrons. The van der Waals surface area contributed by atoms with Crippen LogP contribution >= 0.6 is 11.6 Å². The van der Waals surface area contributed by atoms with E-state index in [1.807, 2.05) is 0 Å². The molecule has 88 valence electrons. The Balaban J connectivity index is 3.16. The van der Waals surface area contributed by atoms with Crippen LogP contribution in [0.5, 0.6) is 0 Å². The highest BCUT2D eigenvalue weighted by Gasteiger charge is 2.21. The molecule has 1 aromatic heterocycles. The third kappa shape index (κ3) is 2.63. The highest BCUT2D eigenvalue weighted by molar-refractivity contribution is 6.30. The fourth-order valence-electron chi connectivity index (χ4n) is 1.04. The zero-order valence-corrected chi connectivity index (χ0v) is 8.89. The summed E-state index contributed by atoms with van der Waals surface area (Å²) in [6, 6.07) is 0. The quantitative estimate of drug-likeness (QED) is 0.614. The molecule has 0 atom stereocenters. The molecule has 16 heavy (non-hydrogen) atoms. The Bertz CT molecular complexity index is 412. The summed E-state index contributed by atoms with van der Waals surface area (Å²) in [6.45, 7) is 0. The van der Waals surface area contributed by atoms with Gasteiger partial charge in [0.05, 0.1) is 19.1 Å². The van der Waals surface area contributed by atoms with E-state index < -0.39 is 30.2 Å². The number of ether oxygens (including phenoxy) is 1. The van der Waals surface area contributed by atoms with Gasteiger partial charge in [-0.1, -0.05) is 11.6 Å². The van der Waals surface area contributed by atoms with Crippen molar-refractivity contribution in [3.63, 3.8) is 0 Å². The van der Waals surface area contributed by atoms with Gasteiger partial charge in [-0.2, -0.15) is 0 Å². The van der Waals surface area contributed by atoms with Crippen molar-refractivity contribution in [3.05, 3.63) is 28.3 Å². The Morgan fingerprint density at radius 3 is 2.75 bits per heavy atom. The lowest BCUT2D eigenvalue weighted by Crippen LogP contribution is -2.09. The van der Waals surface area contributed by atoms with Crippen LogP contribution in [0.3, 0.4) is 0 Å². The second kappa shape index (κ2) is 5.16. The summed E-state index contributed by atoms with van der Waals surface area (Å²) >= 11 is 5.50. The lowest BCUT2D eigenvalue weighted by molar-refractivity contribution is -0.139. The number of hydrogen-bond donors (Lipinski definition) is 0. The zero-order chi connectivity index (χ0) is 12.3. The summed E-state index contributed by atoms with van der Waals surface area (Å²) in [5.41, 5.74) is -1.27. The molecule has 0 aromatic carbocycles. The van der Waals surface area contributed by atoms with Crippen molar-refractivity contribution in [1.82, 2.24) is 4.98 Å². The van der Waals surface area contributed by atoms with E-state index in [-0.39, 0.29) is 10.7 Å². The molecule has 7 heteroatoms. The largest absolute Gasteiger partial charge is 0.469 e. The molecule has 0 amide bonds. The molecule has 1 aromatic rings. The molecule has 0 saturated heterocycles. The molecule has 3 nitrogen and oxygen atoms in total. The Hall–Kier alpha value is -1.30. The number of pyridine rings is 1. The first kappa shape index (κ1) is 12.8. The van der Waals surface area contributed by atoms with Crippen LogP contribution < -0.4 is 0 Å². The summed E-state index contributed by atoms with van der Waals surface area (Å²) in [5.74, 6) is -2.01. The third-order valence-corrected chi connectivity index (χ3v) is 2.19. The molecule has 0 spiro atoms. The monoisotopic (exact) mass is 253 g/mol. The molecule has 0 unspecified atom stereocenters. The maximum absolute atomic E-state index is 13.5. The van der Waals surface area contributed by atoms with E-state index in [0.29, 0.717) is 6.20 Å². The molecule has 0 aliphatic carbocycles.